The Bertz CT molecular complexity index is 959. The van der Waals surface area contributed by atoms with Gasteiger partial charge in [0.2, 0.25) is 11.8 Å². The molecule has 1 aliphatic heterocycles. The fourth-order valence-electron chi connectivity index (χ4n) is 3.25. The van der Waals surface area contributed by atoms with E-state index in [-0.39, 0.29) is 17.2 Å². The van der Waals surface area contributed by atoms with Gasteiger partial charge >= 0.3 is 0 Å². The molecule has 4 heterocycles. The number of piperidine rings is 1. The van der Waals surface area contributed by atoms with E-state index in [0.717, 1.165) is 30.9 Å². The van der Waals surface area contributed by atoms with E-state index in [1.165, 1.54) is 6.33 Å². The number of nitrogens with zero attached hydrogens (tertiary/aromatic N) is 7. The van der Waals surface area contributed by atoms with Crippen LogP contribution in [0.3, 0.4) is 0 Å². The van der Waals surface area contributed by atoms with Crippen molar-refractivity contribution in [2.24, 2.45) is 5.92 Å². The topological polar surface area (TPSA) is 115 Å². The van der Waals surface area contributed by atoms with E-state index in [4.69, 9.17) is 4.52 Å². The largest absolute Gasteiger partial charge is 0.354 e. The first kappa shape index (κ1) is 19.0. The van der Waals surface area contributed by atoms with Crippen LogP contribution in [0.1, 0.15) is 39.3 Å². The summed E-state index contributed by atoms with van der Waals surface area (Å²) < 4.78 is 6.83. The number of amides is 1. The van der Waals surface area contributed by atoms with Gasteiger partial charge < -0.3 is 9.42 Å². The van der Waals surface area contributed by atoms with Crippen LogP contribution in [0, 0.1) is 5.92 Å². The van der Waals surface area contributed by atoms with Crippen molar-refractivity contribution in [2.45, 2.75) is 39.0 Å². The molecular formula is C19H24N8O2. The Kier molecular flexibility index (Phi) is 4.99. The van der Waals surface area contributed by atoms with Gasteiger partial charge in [-0.05, 0) is 25.0 Å². The molecule has 1 fully saturated rings. The molecule has 0 spiro atoms. The van der Waals surface area contributed by atoms with Crippen LogP contribution in [0.2, 0.25) is 0 Å². The number of rotatable bonds is 4. The maximum Gasteiger partial charge on any atom is 0.231 e. The lowest BCUT2D eigenvalue weighted by atomic mass is 9.92. The van der Waals surface area contributed by atoms with E-state index in [1.54, 1.807) is 17.1 Å². The Balaban J connectivity index is 1.40. The van der Waals surface area contributed by atoms with Crippen molar-refractivity contribution in [3.05, 3.63) is 36.5 Å². The average molecular weight is 396 g/mol. The molecule has 0 saturated carbocycles. The zero-order chi connectivity index (χ0) is 20.4. The first-order valence-corrected chi connectivity index (χ1v) is 9.62. The summed E-state index contributed by atoms with van der Waals surface area (Å²) in [5, 5.41) is 19.4. The Labute approximate surface area is 168 Å². The SMILES string of the molecule is CC(C)(C)c1cc(NC(=O)[C@@H]2CCCN(c3ccc(-n4cncn4)nn3)C2)on1. The minimum Gasteiger partial charge on any atom is -0.354 e. The summed E-state index contributed by atoms with van der Waals surface area (Å²) in [5.41, 5.74) is 0.673. The molecule has 1 N–H and O–H groups in total. The van der Waals surface area contributed by atoms with Crippen LogP contribution in [0.25, 0.3) is 5.82 Å². The summed E-state index contributed by atoms with van der Waals surface area (Å²) in [6.45, 7) is 7.54. The Morgan fingerprint density at radius 3 is 2.69 bits per heavy atom. The monoisotopic (exact) mass is 396 g/mol. The molecule has 0 unspecified atom stereocenters. The van der Waals surface area contributed by atoms with Gasteiger partial charge in [0.1, 0.15) is 12.7 Å². The fraction of sp³-hybridized carbons (Fsp3) is 0.474. The van der Waals surface area contributed by atoms with Crippen molar-refractivity contribution >= 4 is 17.6 Å². The fourth-order valence-corrected chi connectivity index (χ4v) is 3.25. The molecule has 29 heavy (non-hydrogen) atoms. The van der Waals surface area contributed by atoms with E-state index in [1.807, 2.05) is 32.9 Å². The molecule has 4 rings (SSSR count). The van der Waals surface area contributed by atoms with Gasteiger partial charge in [0, 0.05) is 24.6 Å². The van der Waals surface area contributed by atoms with Crippen molar-refractivity contribution in [1.29, 1.82) is 0 Å². The minimum atomic E-state index is -0.163. The predicted molar refractivity (Wildman–Crippen MR) is 106 cm³/mol. The van der Waals surface area contributed by atoms with Crippen LogP contribution >= 0.6 is 0 Å². The maximum atomic E-state index is 12.7. The number of hydrogen-bond donors (Lipinski definition) is 1. The van der Waals surface area contributed by atoms with Gasteiger partial charge in [-0.1, -0.05) is 25.9 Å². The third-order valence-corrected chi connectivity index (χ3v) is 4.93. The molecule has 1 atom stereocenters. The molecule has 0 radical (unpaired) electrons. The molecule has 0 aliphatic carbocycles. The summed E-state index contributed by atoms with van der Waals surface area (Å²) in [5.74, 6) is 1.48. The van der Waals surface area contributed by atoms with Gasteiger partial charge in [-0.3, -0.25) is 10.1 Å². The van der Waals surface area contributed by atoms with E-state index in [2.05, 4.69) is 35.7 Å². The van der Waals surface area contributed by atoms with Gasteiger partial charge in [-0.25, -0.2) is 9.67 Å². The van der Waals surface area contributed by atoms with Crippen LogP contribution < -0.4 is 10.2 Å². The molecule has 0 bridgehead atoms. The zero-order valence-electron chi connectivity index (χ0n) is 16.7. The highest BCUT2D eigenvalue weighted by atomic mass is 16.5. The van der Waals surface area contributed by atoms with Crippen molar-refractivity contribution in [3.63, 3.8) is 0 Å². The zero-order valence-corrected chi connectivity index (χ0v) is 16.7. The molecular weight excluding hydrogens is 372 g/mol. The number of nitrogens with one attached hydrogen (secondary N) is 1. The van der Waals surface area contributed by atoms with E-state index in [0.29, 0.717) is 18.2 Å². The Hall–Kier alpha value is -3.30. The van der Waals surface area contributed by atoms with Gasteiger partial charge in [-0.2, -0.15) is 5.10 Å². The highest BCUT2D eigenvalue weighted by molar-refractivity contribution is 5.91. The first-order valence-electron chi connectivity index (χ1n) is 9.62. The predicted octanol–water partition coefficient (Wildman–Crippen LogP) is 2.20. The molecule has 10 nitrogen and oxygen atoms in total. The summed E-state index contributed by atoms with van der Waals surface area (Å²) in [4.78, 5) is 18.7. The minimum absolute atomic E-state index is 0.0708. The lowest BCUT2D eigenvalue weighted by Crippen LogP contribution is -2.41. The van der Waals surface area contributed by atoms with Gasteiger partial charge in [0.15, 0.2) is 11.6 Å². The van der Waals surface area contributed by atoms with Gasteiger partial charge in [0.25, 0.3) is 0 Å². The second kappa shape index (κ2) is 7.61. The quantitative estimate of drug-likeness (QED) is 0.714. The van der Waals surface area contributed by atoms with Crippen molar-refractivity contribution < 1.29 is 9.32 Å². The van der Waals surface area contributed by atoms with Gasteiger partial charge in [-0.15, -0.1) is 10.2 Å². The second-order valence-corrected chi connectivity index (χ2v) is 8.19. The van der Waals surface area contributed by atoms with E-state index in [9.17, 15) is 4.79 Å². The van der Waals surface area contributed by atoms with Crippen LogP contribution in [0.5, 0.6) is 0 Å². The second-order valence-electron chi connectivity index (χ2n) is 8.19. The Morgan fingerprint density at radius 1 is 1.24 bits per heavy atom. The smallest absolute Gasteiger partial charge is 0.231 e. The molecule has 3 aromatic rings. The van der Waals surface area contributed by atoms with E-state index < -0.39 is 0 Å². The van der Waals surface area contributed by atoms with E-state index >= 15 is 0 Å². The molecule has 0 aromatic carbocycles. The number of anilines is 2. The first-order chi connectivity index (χ1) is 13.9. The van der Waals surface area contributed by atoms with Crippen LogP contribution in [0.4, 0.5) is 11.7 Å². The molecule has 1 aliphatic rings. The number of hydrogen-bond acceptors (Lipinski definition) is 8. The van der Waals surface area contributed by atoms with Crippen LogP contribution in [-0.4, -0.2) is 49.1 Å². The highest BCUT2D eigenvalue weighted by Gasteiger charge is 2.28. The molecule has 3 aromatic heterocycles. The number of carbonyl (C=O) groups excluding carboxylic acids is 1. The average Bonchev–Trinajstić information content (AvgIpc) is 3.40. The number of aromatic nitrogens is 6. The summed E-state index contributed by atoms with van der Waals surface area (Å²) in [6.07, 6.45) is 4.73. The Morgan fingerprint density at radius 2 is 2.03 bits per heavy atom. The number of carbonyl (C=O) groups is 1. The molecule has 10 heteroatoms. The molecule has 1 amide bonds. The molecule has 1 saturated heterocycles. The van der Waals surface area contributed by atoms with Crippen molar-refractivity contribution in [3.8, 4) is 5.82 Å². The maximum absolute atomic E-state index is 12.7. The molecule has 152 valence electrons. The third-order valence-electron chi connectivity index (χ3n) is 4.93. The van der Waals surface area contributed by atoms with Crippen LogP contribution in [0.15, 0.2) is 35.4 Å². The van der Waals surface area contributed by atoms with Crippen molar-refractivity contribution in [1.82, 2.24) is 30.1 Å². The summed E-state index contributed by atoms with van der Waals surface area (Å²) >= 11 is 0. The van der Waals surface area contributed by atoms with Crippen LogP contribution in [-0.2, 0) is 10.2 Å². The third kappa shape index (κ3) is 4.25. The lowest BCUT2D eigenvalue weighted by Gasteiger charge is -2.32. The van der Waals surface area contributed by atoms with Crippen molar-refractivity contribution in [2.75, 3.05) is 23.3 Å². The standard InChI is InChI=1S/C19H24N8O2/c1-19(2,3)14-9-17(29-25-14)22-18(28)13-5-4-8-26(10-13)15-6-7-16(24-23-15)27-12-20-11-21-27/h6-7,9,11-13H,4-5,8,10H2,1-3H3,(H,22,28)/t13-/m1/s1. The highest BCUT2D eigenvalue weighted by Crippen LogP contribution is 2.26. The summed E-state index contributed by atoms with van der Waals surface area (Å²) in [6, 6.07) is 5.51. The van der Waals surface area contributed by atoms with Gasteiger partial charge in [0.05, 0.1) is 11.6 Å². The lowest BCUT2D eigenvalue weighted by molar-refractivity contribution is -0.120. The normalized spacial score (nSPS) is 17.3. The summed E-state index contributed by atoms with van der Waals surface area (Å²) in [7, 11) is 0.